The molecule has 1 amide bonds. The third kappa shape index (κ3) is 4.20. The van der Waals surface area contributed by atoms with Gasteiger partial charge in [-0.15, -0.1) is 5.10 Å². The molecule has 0 aliphatic carbocycles. The number of rotatable bonds is 7. The first-order valence-electron chi connectivity index (χ1n) is 10.1. The number of amides is 1. The van der Waals surface area contributed by atoms with Crippen LogP contribution in [0.25, 0.3) is 0 Å². The Morgan fingerprint density at radius 3 is 2.96 bits per heavy atom. The first-order valence-corrected chi connectivity index (χ1v) is 10.1. The molecular weight excluding hydrogens is 340 g/mol. The van der Waals surface area contributed by atoms with E-state index >= 15 is 0 Å². The van der Waals surface area contributed by atoms with Crippen molar-refractivity contribution in [2.45, 2.75) is 38.5 Å². The fraction of sp³-hybridized carbons (Fsp3) is 0.550. The number of hydrogen-bond acceptors (Lipinski definition) is 3. The van der Waals surface area contributed by atoms with Crippen LogP contribution in [0.2, 0.25) is 0 Å². The summed E-state index contributed by atoms with van der Waals surface area (Å²) in [5.41, 5.74) is 2.19. The average Bonchev–Trinajstić information content (AvgIpc) is 3.14. The van der Waals surface area contributed by atoms with Crippen molar-refractivity contribution in [3.8, 4) is 0 Å². The normalized spacial score (nSPS) is 26.9. The number of piperidine rings is 3. The van der Waals surface area contributed by atoms with Crippen molar-refractivity contribution >= 4 is 5.91 Å². The van der Waals surface area contributed by atoms with Gasteiger partial charge in [0, 0.05) is 19.4 Å². The van der Waals surface area contributed by atoms with Gasteiger partial charge in [0.1, 0.15) is 18.3 Å². The van der Waals surface area contributed by atoms with Gasteiger partial charge in [-0.1, -0.05) is 35.5 Å². The molecule has 0 radical (unpaired) electrons. The molecule has 4 heterocycles. The van der Waals surface area contributed by atoms with Crippen molar-refractivity contribution in [2.75, 3.05) is 20.1 Å². The highest BCUT2D eigenvalue weighted by Crippen LogP contribution is 2.27. The first kappa shape index (κ1) is 18.1. The summed E-state index contributed by atoms with van der Waals surface area (Å²) in [6.07, 6.45) is 4.32. The van der Waals surface area contributed by atoms with Crippen molar-refractivity contribution in [3.63, 3.8) is 0 Å². The summed E-state index contributed by atoms with van der Waals surface area (Å²) in [5, 5.41) is 13.8. The second kappa shape index (κ2) is 8.19. The van der Waals surface area contributed by atoms with Crippen molar-refractivity contribution in [3.05, 3.63) is 47.8 Å². The molecule has 3 saturated heterocycles. The minimum Gasteiger partial charge on any atom is -0.352 e. The van der Waals surface area contributed by atoms with Gasteiger partial charge in [0.05, 0.1) is 38.8 Å². The summed E-state index contributed by atoms with van der Waals surface area (Å²) < 4.78 is 1.99. The summed E-state index contributed by atoms with van der Waals surface area (Å²) in [5.74, 6) is 0.867. The van der Waals surface area contributed by atoms with Crippen LogP contribution >= 0.6 is 0 Å². The second-order valence-electron chi connectivity index (χ2n) is 7.95. The van der Waals surface area contributed by atoms with Crippen LogP contribution in [0.4, 0.5) is 0 Å². The standard InChI is InChI=1S/C20H28N6O/c1-21-11-17-12-26(24-23-17)13-18-9-16-7-8-25(18)14-19(16)20(27)22-10-15-5-3-2-4-6-15/h2-6,12,16,18-19,21H,7-11,13-14H2,1H3,(H,22,27)/p+2/t16-,18+,19-/m0/s1. The van der Waals surface area contributed by atoms with E-state index < -0.39 is 0 Å². The Balaban J connectivity index is 1.32. The van der Waals surface area contributed by atoms with E-state index in [1.165, 1.54) is 6.54 Å². The topological polar surface area (TPSA) is 80.9 Å². The van der Waals surface area contributed by atoms with E-state index in [9.17, 15) is 4.79 Å². The Kier molecular flexibility index (Phi) is 5.50. The lowest BCUT2D eigenvalue weighted by Gasteiger charge is -2.46. The van der Waals surface area contributed by atoms with Crippen molar-refractivity contribution in [2.24, 2.45) is 11.8 Å². The molecule has 27 heavy (non-hydrogen) atoms. The highest BCUT2D eigenvalue weighted by atomic mass is 16.1. The largest absolute Gasteiger partial charge is 0.352 e. The molecule has 7 heteroatoms. The third-order valence-corrected chi connectivity index (χ3v) is 6.11. The molecule has 3 aliphatic rings. The number of nitrogens with zero attached hydrogens (tertiary/aromatic N) is 3. The van der Waals surface area contributed by atoms with E-state index in [1.54, 1.807) is 4.90 Å². The number of nitrogens with two attached hydrogens (primary N) is 1. The van der Waals surface area contributed by atoms with Gasteiger partial charge in [-0.2, -0.15) is 0 Å². The van der Waals surface area contributed by atoms with Gasteiger partial charge < -0.3 is 15.5 Å². The third-order valence-electron chi connectivity index (χ3n) is 6.11. The van der Waals surface area contributed by atoms with Crippen LogP contribution < -0.4 is 15.5 Å². The van der Waals surface area contributed by atoms with Crippen LogP contribution in [0.5, 0.6) is 0 Å². The minimum absolute atomic E-state index is 0.148. The molecule has 2 bridgehead atoms. The number of nitrogens with one attached hydrogen (secondary N) is 2. The molecule has 1 aromatic carbocycles. The number of fused-ring (bicyclic) bond motifs is 3. The smallest absolute Gasteiger partial charge is 0.229 e. The Morgan fingerprint density at radius 1 is 1.37 bits per heavy atom. The van der Waals surface area contributed by atoms with Gasteiger partial charge in [0.15, 0.2) is 0 Å². The number of quaternary nitrogens is 2. The molecule has 3 aliphatic heterocycles. The Bertz CT molecular complexity index is 761. The molecule has 4 N–H and O–H groups in total. The zero-order valence-electron chi connectivity index (χ0n) is 16.0. The van der Waals surface area contributed by atoms with E-state index in [-0.39, 0.29) is 11.8 Å². The summed E-state index contributed by atoms with van der Waals surface area (Å²) in [6, 6.07) is 10.7. The molecule has 0 saturated carbocycles. The zero-order valence-corrected chi connectivity index (χ0v) is 16.0. The van der Waals surface area contributed by atoms with Gasteiger partial charge in [-0.3, -0.25) is 4.79 Å². The fourth-order valence-electron chi connectivity index (χ4n) is 4.69. The van der Waals surface area contributed by atoms with Crippen LogP contribution in [0, 0.1) is 11.8 Å². The SMILES string of the molecule is C[NH2+]Cc1cn(C[C@H]2C[C@@H]3CC[NH+]2C[C@@H]3C(=O)NCc2ccccc2)nn1. The Labute approximate surface area is 160 Å². The van der Waals surface area contributed by atoms with Gasteiger partial charge in [0.2, 0.25) is 5.91 Å². The Hall–Kier alpha value is -2.25. The van der Waals surface area contributed by atoms with E-state index in [0.29, 0.717) is 18.5 Å². The van der Waals surface area contributed by atoms with E-state index in [2.05, 4.69) is 39.3 Å². The quantitative estimate of drug-likeness (QED) is 0.560. The van der Waals surface area contributed by atoms with Crippen molar-refractivity contribution in [1.82, 2.24) is 20.3 Å². The fourth-order valence-corrected chi connectivity index (χ4v) is 4.69. The summed E-state index contributed by atoms with van der Waals surface area (Å²) >= 11 is 0. The van der Waals surface area contributed by atoms with E-state index in [1.807, 2.05) is 29.9 Å². The van der Waals surface area contributed by atoms with E-state index in [4.69, 9.17) is 0 Å². The van der Waals surface area contributed by atoms with Crippen LogP contribution in [-0.2, 0) is 24.4 Å². The minimum atomic E-state index is 0.148. The lowest BCUT2D eigenvalue weighted by molar-refractivity contribution is -0.945. The van der Waals surface area contributed by atoms with Crippen LogP contribution in [-0.4, -0.2) is 47.1 Å². The van der Waals surface area contributed by atoms with Gasteiger partial charge in [-0.05, 0) is 11.5 Å². The first-order chi connectivity index (χ1) is 13.2. The highest BCUT2D eigenvalue weighted by Gasteiger charge is 2.46. The lowest BCUT2D eigenvalue weighted by atomic mass is 9.75. The maximum atomic E-state index is 12.7. The molecule has 0 spiro atoms. The number of carbonyl (C=O) groups is 1. The molecule has 2 aromatic rings. The highest BCUT2D eigenvalue weighted by molar-refractivity contribution is 5.79. The predicted molar refractivity (Wildman–Crippen MR) is 101 cm³/mol. The lowest BCUT2D eigenvalue weighted by Crippen LogP contribution is -3.20. The van der Waals surface area contributed by atoms with Gasteiger partial charge >= 0.3 is 0 Å². The second-order valence-corrected chi connectivity index (χ2v) is 7.95. The van der Waals surface area contributed by atoms with E-state index in [0.717, 1.165) is 43.7 Å². The summed E-state index contributed by atoms with van der Waals surface area (Å²) in [4.78, 5) is 14.3. The molecule has 1 unspecified atom stereocenters. The maximum absolute atomic E-state index is 12.7. The molecule has 4 atom stereocenters. The molecule has 5 rings (SSSR count). The molecule has 3 fully saturated rings. The van der Waals surface area contributed by atoms with Crippen molar-refractivity contribution in [1.29, 1.82) is 0 Å². The maximum Gasteiger partial charge on any atom is 0.229 e. The summed E-state index contributed by atoms with van der Waals surface area (Å²) in [6.45, 7) is 4.51. The molecule has 7 nitrogen and oxygen atoms in total. The molecule has 1 aromatic heterocycles. The zero-order chi connectivity index (χ0) is 18.6. The average molecular weight is 371 g/mol. The van der Waals surface area contributed by atoms with Gasteiger partial charge in [-0.25, -0.2) is 4.68 Å². The molecule has 144 valence electrons. The van der Waals surface area contributed by atoms with Crippen LogP contribution in [0.1, 0.15) is 24.1 Å². The Morgan fingerprint density at radius 2 is 2.22 bits per heavy atom. The monoisotopic (exact) mass is 370 g/mol. The summed E-state index contributed by atoms with van der Waals surface area (Å²) in [7, 11) is 2.04. The van der Waals surface area contributed by atoms with Crippen LogP contribution in [0.3, 0.4) is 0 Å². The van der Waals surface area contributed by atoms with Gasteiger partial charge in [0.25, 0.3) is 0 Å². The number of carbonyl (C=O) groups excluding carboxylic acids is 1. The van der Waals surface area contributed by atoms with Crippen molar-refractivity contribution < 1.29 is 15.0 Å². The molecular formula is C20H30N6O+2. The predicted octanol–water partition coefficient (Wildman–Crippen LogP) is -1.42. The number of aromatic nitrogens is 3. The number of hydrogen-bond donors (Lipinski definition) is 3. The number of benzene rings is 1. The van der Waals surface area contributed by atoms with Crippen LogP contribution in [0.15, 0.2) is 36.5 Å².